The van der Waals surface area contributed by atoms with Gasteiger partial charge in [-0.25, -0.2) is 0 Å². The Morgan fingerprint density at radius 3 is 2.47 bits per heavy atom. The quantitative estimate of drug-likeness (QED) is 0.339. The highest BCUT2D eigenvalue weighted by Crippen LogP contribution is 2.46. The summed E-state index contributed by atoms with van der Waals surface area (Å²) in [4.78, 5) is 25.6. The van der Waals surface area contributed by atoms with Gasteiger partial charge in [0.15, 0.2) is 5.43 Å². The minimum atomic E-state index is -0.371. The van der Waals surface area contributed by atoms with Crippen molar-refractivity contribution in [3.8, 4) is 28.6 Å². The van der Waals surface area contributed by atoms with Crippen LogP contribution in [-0.2, 0) is 4.79 Å². The van der Waals surface area contributed by atoms with E-state index in [0.717, 1.165) is 11.1 Å². The standard InChI is InChI=1S/C26H20O6/c1-29-17-10-6-9-16(11-17)18-12-23(28)31-22-14-21(30-2)25-19(27)13-20(32-26(25)24(18)22)15-7-4-3-5-8-15/h3-11,13-14,18H,12H2,1-2H3. The zero-order valence-corrected chi connectivity index (χ0v) is 17.6. The smallest absolute Gasteiger partial charge is 0.312 e. The highest BCUT2D eigenvalue weighted by Gasteiger charge is 2.34. The molecule has 0 fully saturated rings. The second-order valence-electron chi connectivity index (χ2n) is 7.54. The Morgan fingerprint density at radius 1 is 0.906 bits per heavy atom. The summed E-state index contributed by atoms with van der Waals surface area (Å²) in [5.74, 6) is 0.988. The first-order chi connectivity index (χ1) is 15.6. The minimum Gasteiger partial charge on any atom is -0.497 e. The molecular formula is C26H20O6. The van der Waals surface area contributed by atoms with Crippen LogP contribution in [0.4, 0.5) is 0 Å². The third-order valence-corrected chi connectivity index (χ3v) is 5.68. The van der Waals surface area contributed by atoms with Crippen molar-refractivity contribution in [2.24, 2.45) is 0 Å². The normalized spacial score (nSPS) is 15.2. The maximum absolute atomic E-state index is 13.2. The van der Waals surface area contributed by atoms with Crippen molar-refractivity contribution in [3.63, 3.8) is 0 Å². The van der Waals surface area contributed by atoms with Crippen LogP contribution < -0.4 is 19.6 Å². The number of methoxy groups -OCH3 is 2. The number of esters is 1. The Bertz CT molecular complexity index is 1390. The Kier molecular flexibility index (Phi) is 4.90. The summed E-state index contributed by atoms with van der Waals surface area (Å²) in [6, 6.07) is 19.9. The molecule has 0 saturated carbocycles. The number of carbonyl (C=O) groups is 1. The van der Waals surface area contributed by atoms with E-state index in [2.05, 4.69) is 0 Å². The predicted molar refractivity (Wildman–Crippen MR) is 120 cm³/mol. The molecule has 2 heterocycles. The Balaban J connectivity index is 1.84. The SMILES string of the molecule is COc1cccc(C2CC(=O)Oc3cc(OC)c4c(=O)cc(-c5ccccc5)oc4c32)c1. The monoisotopic (exact) mass is 428 g/mol. The number of hydrogen-bond acceptors (Lipinski definition) is 6. The van der Waals surface area contributed by atoms with Crippen molar-refractivity contribution < 1.29 is 23.4 Å². The fourth-order valence-corrected chi connectivity index (χ4v) is 4.19. The lowest BCUT2D eigenvalue weighted by Gasteiger charge is -2.26. The molecule has 4 aromatic rings. The van der Waals surface area contributed by atoms with E-state index in [1.165, 1.54) is 13.2 Å². The van der Waals surface area contributed by atoms with Gasteiger partial charge in [0.05, 0.1) is 20.6 Å². The fourth-order valence-electron chi connectivity index (χ4n) is 4.19. The van der Waals surface area contributed by atoms with Gasteiger partial charge in [0.1, 0.15) is 34.0 Å². The van der Waals surface area contributed by atoms with E-state index in [1.807, 2.05) is 54.6 Å². The number of hydrogen-bond donors (Lipinski definition) is 0. The van der Waals surface area contributed by atoms with Crippen LogP contribution in [0.2, 0.25) is 0 Å². The van der Waals surface area contributed by atoms with Crippen LogP contribution in [0, 0.1) is 0 Å². The molecule has 32 heavy (non-hydrogen) atoms. The summed E-state index contributed by atoms with van der Waals surface area (Å²) >= 11 is 0. The first-order valence-corrected chi connectivity index (χ1v) is 10.2. The zero-order chi connectivity index (χ0) is 22.2. The molecule has 6 nitrogen and oxygen atoms in total. The lowest BCUT2D eigenvalue weighted by molar-refractivity contribution is -0.135. The van der Waals surface area contributed by atoms with Gasteiger partial charge in [-0.3, -0.25) is 9.59 Å². The summed E-state index contributed by atoms with van der Waals surface area (Å²) in [7, 11) is 3.06. The summed E-state index contributed by atoms with van der Waals surface area (Å²) in [6.45, 7) is 0. The maximum Gasteiger partial charge on any atom is 0.312 e. The van der Waals surface area contributed by atoms with Crippen LogP contribution in [-0.4, -0.2) is 20.2 Å². The number of ether oxygens (including phenoxy) is 3. The summed E-state index contributed by atoms with van der Waals surface area (Å²) in [5.41, 5.74) is 2.40. The zero-order valence-electron chi connectivity index (χ0n) is 17.6. The minimum absolute atomic E-state index is 0.112. The van der Waals surface area contributed by atoms with Crippen LogP contribution >= 0.6 is 0 Å². The highest BCUT2D eigenvalue weighted by molar-refractivity contribution is 5.93. The molecule has 0 radical (unpaired) electrons. The fraction of sp³-hybridized carbons (Fsp3) is 0.154. The van der Waals surface area contributed by atoms with Crippen LogP contribution in [0.5, 0.6) is 17.2 Å². The van der Waals surface area contributed by atoms with E-state index < -0.39 is 0 Å². The third-order valence-electron chi connectivity index (χ3n) is 5.68. The van der Waals surface area contributed by atoms with Gasteiger partial charge < -0.3 is 18.6 Å². The van der Waals surface area contributed by atoms with Crippen molar-refractivity contribution in [2.75, 3.05) is 14.2 Å². The molecule has 3 aromatic carbocycles. The van der Waals surface area contributed by atoms with E-state index in [0.29, 0.717) is 39.5 Å². The van der Waals surface area contributed by atoms with Gasteiger partial charge in [0.25, 0.3) is 0 Å². The summed E-state index contributed by atoms with van der Waals surface area (Å²) in [6.07, 6.45) is 0.112. The second kappa shape index (κ2) is 7.89. The van der Waals surface area contributed by atoms with Crippen molar-refractivity contribution in [1.82, 2.24) is 0 Å². The van der Waals surface area contributed by atoms with E-state index in [4.69, 9.17) is 18.6 Å². The molecule has 0 N–H and O–H groups in total. The van der Waals surface area contributed by atoms with E-state index in [-0.39, 0.29) is 23.7 Å². The molecule has 1 aliphatic rings. The van der Waals surface area contributed by atoms with E-state index in [9.17, 15) is 9.59 Å². The lowest BCUT2D eigenvalue weighted by Crippen LogP contribution is -2.22. The molecule has 0 saturated heterocycles. The summed E-state index contributed by atoms with van der Waals surface area (Å²) in [5, 5.41) is 0.316. The molecule has 1 atom stereocenters. The Labute approximate surface area is 184 Å². The molecule has 5 rings (SSSR count). The third kappa shape index (κ3) is 3.30. The molecule has 0 bridgehead atoms. The van der Waals surface area contributed by atoms with Crippen molar-refractivity contribution in [3.05, 3.63) is 88.1 Å². The topological polar surface area (TPSA) is 75.0 Å². The second-order valence-corrected chi connectivity index (χ2v) is 7.54. The molecule has 1 aromatic heterocycles. The van der Waals surface area contributed by atoms with E-state index in [1.54, 1.807) is 13.2 Å². The molecule has 0 amide bonds. The lowest BCUT2D eigenvalue weighted by atomic mass is 9.85. The van der Waals surface area contributed by atoms with Gasteiger partial charge >= 0.3 is 5.97 Å². The largest absolute Gasteiger partial charge is 0.497 e. The average molecular weight is 428 g/mol. The Hall–Kier alpha value is -4.06. The number of fused-ring (bicyclic) bond motifs is 3. The van der Waals surface area contributed by atoms with Gasteiger partial charge in [-0.05, 0) is 17.7 Å². The maximum atomic E-state index is 13.2. The number of benzene rings is 3. The van der Waals surface area contributed by atoms with Gasteiger partial charge in [0.2, 0.25) is 0 Å². The van der Waals surface area contributed by atoms with Gasteiger partial charge in [-0.15, -0.1) is 0 Å². The first kappa shape index (κ1) is 19.9. The molecule has 160 valence electrons. The molecule has 1 unspecified atom stereocenters. The number of carbonyl (C=O) groups excluding carboxylic acids is 1. The predicted octanol–water partition coefficient (Wildman–Crippen LogP) is 4.92. The molecule has 0 spiro atoms. The van der Waals surface area contributed by atoms with Crippen LogP contribution in [0.15, 0.2) is 75.9 Å². The van der Waals surface area contributed by atoms with Gasteiger partial charge in [-0.1, -0.05) is 42.5 Å². The molecule has 0 aliphatic carbocycles. The highest BCUT2D eigenvalue weighted by atomic mass is 16.5. The van der Waals surface area contributed by atoms with Crippen molar-refractivity contribution in [1.29, 1.82) is 0 Å². The van der Waals surface area contributed by atoms with Crippen LogP contribution in [0.1, 0.15) is 23.5 Å². The average Bonchev–Trinajstić information content (AvgIpc) is 2.83. The first-order valence-electron chi connectivity index (χ1n) is 10.2. The van der Waals surface area contributed by atoms with Gasteiger partial charge in [0, 0.05) is 29.2 Å². The van der Waals surface area contributed by atoms with Crippen molar-refractivity contribution >= 4 is 16.9 Å². The van der Waals surface area contributed by atoms with E-state index >= 15 is 0 Å². The van der Waals surface area contributed by atoms with Crippen molar-refractivity contribution in [2.45, 2.75) is 12.3 Å². The molecular weight excluding hydrogens is 408 g/mol. The number of rotatable bonds is 4. The Morgan fingerprint density at radius 2 is 1.72 bits per heavy atom. The van der Waals surface area contributed by atoms with Crippen LogP contribution in [0.3, 0.4) is 0 Å². The molecule has 1 aliphatic heterocycles. The summed E-state index contributed by atoms with van der Waals surface area (Å²) < 4.78 is 22.7. The van der Waals surface area contributed by atoms with Crippen LogP contribution in [0.25, 0.3) is 22.3 Å². The molecule has 6 heteroatoms. The van der Waals surface area contributed by atoms with Gasteiger partial charge in [-0.2, -0.15) is 0 Å².